The van der Waals surface area contributed by atoms with Gasteiger partial charge in [-0.05, 0) is 34.8 Å². The predicted molar refractivity (Wildman–Crippen MR) is 116 cm³/mol. The predicted octanol–water partition coefficient (Wildman–Crippen LogP) is -0.0792. The summed E-state index contributed by atoms with van der Waals surface area (Å²) < 4.78 is 6.94. The molecule has 1 unspecified atom stereocenters. The number of aromatic nitrogens is 4. The van der Waals surface area contributed by atoms with Crippen molar-refractivity contribution in [3.63, 3.8) is 0 Å². The van der Waals surface area contributed by atoms with Gasteiger partial charge in [-0.15, -0.1) is 0 Å². The van der Waals surface area contributed by atoms with Crippen LogP contribution in [0.2, 0.25) is 0 Å². The minimum atomic E-state index is -0.787. The number of amides is 1. The number of ether oxygens (including phenoxy) is 1. The number of nitrogens with zero attached hydrogens (tertiary/aromatic N) is 7. The highest BCUT2D eigenvalue weighted by atomic mass is 16.5. The molecular formula is C21H21N8O4-. The van der Waals surface area contributed by atoms with E-state index in [2.05, 4.69) is 20.8 Å². The zero-order valence-electron chi connectivity index (χ0n) is 17.8. The summed E-state index contributed by atoms with van der Waals surface area (Å²) in [6.07, 6.45) is 3.41. The van der Waals surface area contributed by atoms with Crippen molar-refractivity contribution in [2.75, 3.05) is 38.2 Å². The SMILES string of the molecule is COC1=C2C(C(=O)C(=O)N3CCN(c4nnnn4-c4ccccc4)CC3)=CNC2N([O-])C=C1. The van der Waals surface area contributed by atoms with Gasteiger partial charge in [0.25, 0.3) is 11.7 Å². The number of methoxy groups -OCH3 is 1. The molecule has 1 amide bonds. The summed E-state index contributed by atoms with van der Waals surface area (Å²) in [6.45, 7) is 1.60. The average Bonchev–Trinajstić information content (AvgIpc) is 3.53. The van der Waals surface area contributed by atoms with Crippen LogP contribution in [0.5, 0.6) is 0 Å². The molecule has 1 aromatic carbocycles. The van der Waals surface area contributed by atoms with Gasteiger partial charge in [0.15, 0.2) is 0 Å². The van der Waals surface area contributed by atoms with E-state index in [0.717, 1.165) is 5.69 Å². The van der Waals surface area contributed by atoms with Gasteiger partial charge in [0.2, 0.25) is 5.95 Å². The Morgan fingerprint density at radius 1 is 1.15 bits per heavy atom. The lowest BCUT2D eigenvalue weighted by Gasteiger charge is -2.38. The van der Waals surface area contributed by atoms with Crippen LogP contribution in [-0.2, 0) is 14.3 Å². The molecule has 3 aliphatic heterocycles. The molecule has 1 atom stereocenters. The van der Waals surface area contributed by atoms with Crippen LogP contribution < -0.4 is 10.2 Å². The van der Waals surface area contributed by atoms with Gasteiger partial charge in [-0.2, -0.15) is 4.68 Å². The molecule has 4 heterocycles. The number of anilines is 1. The number of hydrogen-bond acceptors (Lipinski definition) is 10. The molecule has 0 radical (unpaired) electrons. The Bertz CT molecular complexity index is 1160. The molecule has 1 fully saturated rings. The number of fused-ring (bicyclic) bond motifs is 1. The number of allylic oxidation sites excluding steroid dienone is 1. The van der Waals surface area contributed by atoms with E-state index in [1.54, 1.807) is 4.68 Å². The number of hydrogen-bond donors (Lipinski definition) is 1. The van der Waals surface area contributed by atoms with Gasteiger partial charge in [0.1, 0.15) is 11.9 Å². The number of piperazine rings is 1. The Hall–Kier alpha value is -4.19. The molecule has 2 aromatic rings. The molecule has 1 saturated heterocycles. The third-order valence-electron chi connectivity index (χ3n) is 5.80. The zero-order chi connectivity index (χ0) is 22.9. The summed E-state index contributed by atoms with van der Waals surface area (Å²) >= 11 is 0. The van der Waals surface area contributed by atoms with Crippen LogP contribution in [0, 0.1) is 5.21 Å². The van der Waals surface area contributed by atoms with Crippen LogP contribution >= 0.6 is 0 Å². The zero-order valence-corrected chi connectivity index (χ0v) is 17.8. The van der Waals surface area contributed by atoms with Crippen molar-refractivity contribution in [2.24, 2.45) is 0 Å². The molecule has 3 aliphatic rings. The standard InChI is InChI=1S/C21H21N8O4/c1-33-16-7-8-28(32)19-17(16)15(13-22-19)18(30)20(31)26-9-11-27(12-10-26)21-23-24-25-29(21)14-5-3-2-4-6-14/h2-8,13,19,22H,9-12H2,1H3/q-1. The highest BCUT2D eigenvalue weighted by Gasteiger charge is 2.38. The van der Waals surface area contributed by atoms with E-state index in [1.165, 1.54) is 30.5 Å². The van der Waals surface area contributed by atoms with Crippen LogP contribution in [0.4, 0.5) is 5.95 Å². The fourth-order valence-corrected chi connectivity index (χ4v) is 4.11. The molecule has 0 bridgehead atoms. The van der Waals surface area contributed by atoms with E-state index < -0.39 is 17.9 Å². The third-order valence-corrected chi connectivity index (χ3v) is 5.80. The molecule has 1 N–H and O–H groups in total. The van der Waals surface area contributed by atoms with Crippen molar-refractivity contribution in [1.29, 1.82) is 0 Å². The van der Waals surface area contributed by atoms with Crippen LogP contribution in [0.1, 0.15) is 0 Å². The maximum atomic E-state index is 13.0. The normalized spacial score (nSPS) is 19.9. The number of benzene rings is 1. The second-order valence-corrected chi connectivity index (χ2v) is 7.62. The molecule has 1 aromatic heterocycles. The Balaban J connectivity index is 1.28. The van der Waals surface area contributed by atoms with Gasteiger partial charge < -0.3 is 30.1 Å². The maximum absolute atomic E-state index is 13.0. The first-order valence-electron chi connectivity index (χ1n) is 10.4. The van der Waals surface area contributed by atoms with Gasteiger partial charge in [0.05, 0.1) is 18.4 Å². The molecule has 170 valence electrons. The molecule has 33 heavy (non-hydrogen) atoms. The largest absolute Gasteiger partial charge is 0.757 e. The highest BCUT2D eigenvalue weighted by Crippen LogP contribution is 2.31. The van der Waals surface area contributed by atoms with E-state index in [1.807, 2.05) is 35.2 Å². The van der Waals surface area contributed by atoms with Crippen molar-refractivity contribution < 1.29 is 14.3 Å². The lowest BCUT2D eigenvalue weighted by molar-refractivity contribution is -0.142. The second-order valence-electron chi connectivity index (χ2n) is 7.62. The van der Waals surface area contributed by atoms with Crippen LogP contribution in [-0.4, -0.2) is 81.3 Å². The van der Waals surface area contributed by atoms with Crippen molar-refractivity contribution in [1.82, 2.24) is 35.5 Å². The van der Waals surface area contributed by atoms with Gasteiger partial charge in [-0.3, -0.25) is 9.59 Å². The number of carbonyl (C=O) groups is 2. The fourth-order valence-electron chi connectivity index (χ4n) is 4.11. The number of carbonyl (C=O) groups excluding carboxylic acids is 2. The Morgan fingerprint density at radius 2 is 1.91 bits per heavy atom. The van der Waals surface area contributed by atoms with Gasteiger partial charge >= 0.3 is 0 Å². The topological polar surface area (TPSA) is 132 Å². The smallest absolute Gasteiger partial charge is 0.295 e. The van der Waals surface area contributed by atoms with Gasteiger partial charge in [-0.25, -0.2) is 0 Å². The number of nitrogens with one attached hydrogen (secondary N) is 1. The molecule has 12 heteroatoms. The summed E-state index contributed by atoms with van der Waals surface area (Å²) in [5.74, 6) is -0.353. The van der Waals surface area contributed by atoms with E-state index in [4.69, 9.17) is 4.74 Å². The van der Waals surface area contributed by atoms with Gasteiger partial charge in [-0.1, -0.05) is 23.3 Å². The summed E-state index contributed by atoms with van der Waals surface area (Å²) in [5, 5.41) is 27.6. The second kappa shape index (κ2) is 8.39. The monoisotopic (exact) mass is 449 g/mol. The van der Waals surface area contributed by atoms with Crippen LogP contribution in [0.3, 0.4) is 0 Å². The lowest BCUT2D eigenvalue weighted by atomic mass is 9.99. The Morgan fingerprint density at radius 3 is 2.64 bits per heavy atom. The Labute approximate surface area is 189 Å². The molecule has 5 rings (SSSR count). The lowest BCUT2D eigenvalue weighted by Crippen LogP contribution is -2.51. The number of ketones is 1. The quantitative estimate of drug-likeness (QED) is 0.618. The van der Waals surface area contributed by atoms with Crippen molar-refractivity contribution in [3.8, 4) is 5.69 Å². The summed E-state index contributed by atoms with van der Waals surface area (Å²) in [7, 11) is 1.45. The van der Waals surface area contributed by atoms with E-state index in [9.17, 15) is 14.8 Å². The number of para-hydroxylation sites is 1. The fraction of sp³-hybridized carbons (Fsp3) is 0.286. The summed E-state index contributed by atoms with van der Waals surface area (Å²) in [6, 6.07) is 9.52. The molecule has 12 nitrogen and oxygen atoms in total. The minimum absolute atomic E-state index is 0.141. The first-order chi connectivity index (χ1) is 16.1. The average molecular weight is 449 g/mol. The minimum Gasteiger partial charge on any atom is -0.757 e. The van der Waals surface area contributed by atoms with Crippen LogP contribution in [0.15, 0.2) is 65.7 Å². The third kappa shape index (κ3) is 3.59. The molecule has 0 spiro atoms. The molecular weight excluding hydrogens is 428 g/mol. The number of rotatable bonds is 5. The van der Waals surface area contributed by atoms with Crippen molar-refractivity contribution in [2.45, 2.75) is 6.17 Å². The first-order valence-corrected chi connectivity index (χ1v) is 10.4. The summed E-state index contributed by atoms with van der Waals surface area (Å²) in [5.41, 5.74) is 1.34. The maximum Gasteiger partial charge on any atom is 0.295 e. The van der Waals surface area contributed by atoms with Crippen molar-refractivity contribution >= 4 is 17.6 Å². The summed E-state index contributed by atoms with van der Waals surface area (Å²) in [4.78, 5) is 29.5. The number of Topliss-reactive ketones (excluding diaryl/α,β-unsaturated/α-hetero) is 1. The van der Waals surface area contributed by atoms with Gasteiger partial charge in [0, 0.05) is 38.0 Å². The number of tetrazole rings is 1. The van der Waals surface area contributed by atoms with E-state index >= 15 is 0 Å². The van der Waals surface area contributed by atoms with E-state index in [-0.39, 0.29) is 5.57 Å². The number of hydroxylamine groups is 2. The van der Waals surface area contributed by atoms with E-state index in [0.29, 0.717) is 48.5 Å². The highest BCUT2D eigenvalue weighted by molar-refractivity contribution is 6.43. The Kier molecular flexibility index (Phi) is 5.26. The van der Waals surface area contributed by atoms with Crippen LogP contribution in [0.25, 0.3) is 5.69 Å². The molecule has 0 aliphatic carbocycles. The van der Waals surface area contributed by atoms with Crippen molar-refractivity contribution in [3.05, 3.63) is 70.9 Å². The molecule has 0 saturated carbocycles. The first kappa shape index (κ1) is 20.7.